The molecule has 1 aromatic carbocycles. The number of nitrogens with one attached hydrogen (secondary N) is 1. The molecule has 148 valence electrons. The fourth-order valence-electron chi connectivity index (χ4n) is 3.15. The zero-order valence-corrected chi connectivity index (χ0v) is 18.5. The predicted octanol–water partition coefficient (Wildman–Crippen LogP) is 4.80. The molecule has 1 aromatic heterocycles. The van der Waals surface area contributed by atoms with Crippen LogP contribution >= 0.6 is 11.8 Å². The minimum atomic E-state index is 0.0772. The summed E-state index contributed by atoms with van der Waals surface area (Å²) in [7, 11) is 0. The summed E-state index contributed by atoms with van der Waals surface area (Å²) in [5.74, 6) is 2.12. The summed E-state index contributed by atoms with van der Waals surface area (Å²) < 4.78 is 5.15. The largest absolute Gasteiger partial charge is 0.361 e. The number of hydrogen-bond donors (Lipinski definition) is 1. The van der Waals surface area contributed by atoms with Crippen molar-refractivity contribution >= 4 is 17.7 Å². The second-order valence-electron chi connectivity index (χ2n) is 8.23. The molecule has 1 amide bonds. The Hall–Kier alpha value is -1.75. The van der Waals surface area contributed by atoms with Crippen molar-refractivity contribution in [3.63, 3.8) is 0 Å². The highest BCUT2D eigenvalue weighted by atomic mass is 32.2. The number of rotatable bonds is 7. The zero-order valence-electron chi connectivity index (χ0n) is 17.7. The van der Waals surface area contributed by atoms with Crippen LogP contribution in [0.3, 0.4) is 0 Å². The lowest BCUT2D eigenvalue weighted by Crippen LogP contribution is -2.27. The molecule has 5 heteroatoms. The minimum absolute atomic E-state index is 0.0772. The van der Waals surface area contributed by atoms with Gasteiger partial charge in [-0.1, -0.05) is 38.1 Å². The van der Waals surface area contributed by atoms with E-state index in [1.165, 1.54) is 22.3 Å². The van der Waals surface area contributed by atoms with Crippen LogP contribution in [0, 0.1) is 27.7 Å². The van der Waals surface area contributed by atoms with Gasteiger partial charge in [-0.2, -0.15) is 0 Å². The van der Waals surface area contributed by atoms with E-state index in [1.54, 1.807) is 11.8 Å². The number of aryl methyl sites for hydroxylation is 4. The highest BCUT2D eigenvalue weighted by molar-refractivity contribution is 7.99. The van der Waals surface area contributed by atoms with Crippen molar-refractivity contribution < 1.29 is 9.32 Å². The molecule has 0 aliphatic rings. The lowest BCUT2D eigenvalue weighted by atomic mass is 9.83. The molecular formula is C22H32N2O2S. The molecule has 0 saturated heterocycles. The predicted molar refractivity (Wildman–Crippen MR) is 113 cm³/mol. The van der Waals surface area contributed by atoms with Crippen molar-refractivity contribution in [3.8, 4) is 0 Å². The summed E-state index contributed by atoms with van der Waals surface area (Å²) in [6.45, 7) is 15.6. The van der Waals surface area contributed by atoms with E-state index < -0.39 is 0 Å². The van der Waals surface area contributed by atoms with E-state index in [2.05, 4.69) is 57.2 Å². The van der Waals surface area contributed by atoms with Crippen LogP contribution in [-0.4, -0.2) is 23.4 Å². The highest BCUT2D eigenvalue weighted by Gasteiger charge is 2.16. The molecule has 4 nitrogen and oxygen atoms in total. The average Bonchev–Trinajstić information content (AvgIpc) is 2.88. The Kier molecular flexibility index (Phi) is 7.15. The standard InChI is InChI=1S/C22H32N2O2S/c1-14-10-18(22(5,6)7)11-15(2)19(14)8-9-23-21(25)13-27-12-20-16(3)24-26-17(20)4/h10-11H,8-9,12-13H2,1-7H3,(H,23,25). The fourth-order valence-corrected chi connectivity index (χ4v) is 4.16. The van der Waals surface area contributed by atoms with E-state index in [4.69, 9.17) is 4.52 Å². The molecule has 0 spiro atoms. The first kappa shape index (κ1) is 21.5. The van der Waals surface area contributed by atoms with Gasteiger partial charge in [0.2, 0.25) is 5.91 Å². The Labute approximate surface area is 167 Å². The van der Waals surface area contributed by atoms with Gasteiger partial charge >= 0.3 is 0 Å². The molecule has 0 aliphatic carbocycles. The quantitative estimate of drug-likeness (QED) is 0.740. The van der Waals surface area contributed by atoms with Gasteiger partial charge in [0.1, 0.15) is 5.76 Å². The second-order valence-corrected chi connectivity index (χ2v) is 9.22. The first-order valence-corrected chi connectivity index (χ1v) is 10.6. The summed E-state index contributed by atoms with van der Waals surface area (Å²) in [6.07, 6.45) is 0.863. The van der Waals surface area contributed by atoms with Crippen molar-refractivity contribution in [1.29, 1.82) is 0 Å². The summed E-state index contributed by atoms with van der Waals surface area (Å²) in [5.41, 5.74) is 7.47. The van der Waals surface area contributed by atoms with Crippen molar-refractivity contribution in [1.82, 2.24) is 10.5 Å². The van der Waals surface area contributed by atoms with Crippen molar-refractivity contribution in [2.45, 2.75) is 66.1 Å². The summed E-state index contributed by atoms with van der Waals surface area (Å²) in [5, 5.41) is 6.99. The first-order chi connectivity index (χ1) is 12.6. The van der Waals surface area contributed by atoms with Gasteiger partial charge in [0.15, 0.2) is 0 Å². The Balaban J connectivity index is 1.81. The normalized spacial score (nSPS) is 11.7. The molecular weight excluding hydrogens is 356 g/mol. The van der Waals surface area contributed by atoms with Crippen LogP contribution < -0.4 is 5.32 Å². The Morgan fingerprint density at radius 3 is 2.26 bits per heavy atom. The third kappa shape index (κ3) is 5.86. The zero-order chi connectivity index (χ0) is 20.2. The molecule has 27 heavy (non-hydrogen) atoms. The van der Waals surface area contributed by atoms with Crippen molar-refractivity contribution in [2.24, 2.45) is 0 Å². The van der Waals surface area contributed by atoms with Crippen LogP contribution in [0.5, 0.6) is 0 Å². The number of hydrogen-bond acceptors (Lipinski definition) is 4. The number of aromatic nitrogens is 1. The Morgan fingerprint density at radius 2 is 1.74 bits per heavy atom. The number of carbonyl (C=O) groups excluding carboxylic acids is 1. The monoisotopic (exact) mass is 388 g/mol. The minimum Gasteiger partial charge on any atom is -0.361 e. The van der Waals surface area contributed by atoms with E-state index >= 15 is 0 Å². The van der Waals surface area contributed by atoms with Crippen LogP contribution in [0.1, 0.15) is 60.0 Å². The van der Waals surface area contributed by atoms with Crippen LogP contribution in [0.4, 0.5) is 0 Å². The molecule has 1 heterocycles. The molecule has 2 aromatic rings. The van der Waals surface area contributed by atoms with Gasteiger partial charge in [0.25, 0.3) is 0 Å². The van der Waals surface area contributed by atoms with Crippen LogP contribution in [0.15, 0.2) is 16.7 Å². The van der Waals surface area contributed by atoms with Gasteiger partial charge in [-0.15, -0.1) is 11.8 Å². The molecule has 0 atom stereocenters. The molecule has 1 N–H and O–H groups in total. The molecule has 0 radical (unpaired) electrons. The molecule has 0 fully saturated rings. The van der Waals surface area contributed by atoms with Gasteiger partial charge in [-0.25, -0.2) is 0 Å². The molecule has 0 saturated carbocycles. The fraction of sp³-hybridized carbons (Fsp3) is 0.545. The highest BCUT2D eigenvalue weighted by Crippen LogP contribution is 2.27. The maximum atomic E-state index is 12.1. The van der Waals surface area contributed by atoms with Gasteiger partial charge < -0.3 is 9.84 Å². The van der Waals surface area contributed by atoms with Gasteiger partial charge in [-0.3, -0.25) is 4.79 Å². The number of amides is 1. The second kappa shape index (κ2) is 8.96. The Morgan fingerprint density at radius 1 is 1.11 bits per heavy atom. The van der Waals surface area contributed by atoms with Crippen LogP contribution in [0.2, 0.25) is 0 Å². The lowest BCUT2D eigenvalue weighted by Gasteiger charge is -2.22. The molecule has 2 rings (SSSR count). The van der Waals surface area contributed by atoms with E-state index in [0.29, 0.717) is 12.3 Å². The smallest absolute Gasteiger partial charge is 0.230 e. The van der Waals surface area contributed by atoms with E-state index in [1.807, 2.05) is 13.8 Å². The molecule has 0 bridgehead atoms. The van der Waals surface area contributed by atoms with Gasteiger partial charge in [0.05, 0.1) is 11.4 Å². The lowest BCUT2D eigenvalue weighted by molar-refractivity contribution is -0.118. The SMILES string of the molecule is Cc1cc(C(C)(C)C)cc(C)c1CCNC(=O)CSCc1c(C)noc1C. The van der Waals surface area contributed by atoms with E-state index in [0.717, 1.165) is 29.2 Å². The maximum Gasteiger partial charge on any atom is 0.230 e. The van der Waals surface area contributed by atoms with Crippen molar-refractivity contribution in [3.05, 3.63) is 51.4 Å². The maximum absolute atomic E-state index is 12.1. The third-order valence-electron chi connectivity index (χ3n) is 4.92. The first-order valence-electron chi connectivity index (χ1n) is 9.46. The van der Waals surface area contributed by atoms with E-state index in [-0.39, 0.29) is 11.3 Å². The van der Waals surface area contributed by atoms with Crippen LogP contribution in [0.25, 0.3) is 0 Å². The number of nitrogens with zero attached hydrogens (tertiary/aromatic N) is 1. The van der Waals surface area contributed by atoms with Gasteiger partial charge in [0, 0.05) is 17.9 Å². The van der Waals surface area contributed by atoms with E-state index in [9.17, 15) is 4.79 Å². The molecule has 0 unspecified atom stereocenters. The summed E-state index contributed by atoms with van der Waals surface area (Å²) >= 11 is 1.59. The van der Waals surface area contributed by atoms with Crippen molar-refractivity contribution in [2.75, 3.05) is 12.3 Å². The third-order valence-corrected chi connectivity index (χ3v) is 5.88. The number of benzene rings is 1. The van der Waals surface area contributed by atoms with Crippen LogP contribution in [-0.2, 0) is 22.4 Å². The van der Waals surface area contributed by atoms with Gasteiger partial charge in [-0.05, 0) is 61.8 Å². The molecule has 0 aliphatic heterocycles. The summed E-state index contributed by atoms with van der Waals surface area (Å²) in [4.78, 5) is 12.1. The number of carbonyl (C=O) groups is 1. The summed E-state index contributed by atoms with van der Waals surface area (Å²) in [6, 6.07) is 4.56. The topological polar surface area (TPSA) is 55.1 Å². The Bertz CT molecular complexity index is 761. The number of thioether (sulfide) groups is 1. The average molecular weight is 389 g/mol.